The maximum Gasteiger partial charge on any atom is 0.243 e. The van der Waals surface area contributed by atoms with E-state index < -0.39 is 64.5 Å². The highest BCUT2D eigenvalue weighted by Crippen LogP contribution is 2.53. The van der Waals surface area contributed by atoms with E-state index in [1.807, 2.05) is 26.2 Å². The van der Waals surface area contributed by atoms with Gasteiger partial charge in [-0.1, -0.05) is 0 Å². The second-order valence-corrected chi connectivity index (χ2v) is 17.1. The first-order valence-corrected chi connectivity index (χ1v) is 18.8. The Labute approximate surface area is 293 Å². The van der Waals surface area contributed by atoms with Crippen LogP contribution in [-0.2, 0) is 28.5 Å². The summed E-state index contributed by atoms with van der Waals surface area (Å²) >= 11 is 6.07. The molecule has 4 unspecified atom stereocenters. The molecule has 0 amide bonds. The molecule has 15 heteroatoms. The van der Waals surface area contributed by atoms with Gasteiger partial charge in [-0.25, -0.2) is 22.6 Å². The molecule has 3 aliphatic rings. The summed E-state index contributed by atoms with van der Waals surface area (Å²) < 4.78 is 67.7. The van der Waals surface area contributed by atoms with Crippen LogP contribution >= 0.6 is 45.3 Å². The SMILES string of the molecule is Cn1c2cc(/C=C3\C(=O)C(=O)c4c(F)cc(F)cc43)sc2c2sc3c(sc4c5sc(N=C6C(=O)C(=O)C7C(F)CC(F)CC67)cc5n(C)c43)c21. The lowest BCUT2D eigenvalue weighted by atomic mass is 9.78. The van der Waals surface area contributed by atoms with Crippen LogP contribution < -0.4 is 0 Å². The van der Waals surface area contributed by atoms with Gasteiger partial charge in [0.25, 0.3) is 0 Å². The molecule has 1 aromatic carbocycles. The Balaban J connectivity index is 1.07. The summed E-state index contributed by atoms with van der Waals surface area (Å²) in [6.45, 7) is 0. The Hall–Kier alpha value is -4.31. The van der Waals surface area contributed by atoms with Crippen LogP contribution in [0.3, 0.4) is 0 Å². The molecule has 50 heavy (non-hydrogen) atoms. The molecule has 2 fully saturated rings. The highest BCUT2D eigenvalue weighted by molar-refractivity contribution is 7.40. The van der Waals surface area contributed by atoms with E-state index in [0.717, 1.165) is 56.3 Å². The summed E-state index contributed by atoms with van der Waals surface area (Å²) in [4.78, 5) is 56.0. The van der Waals surface area contributed by atoms with Crippen molar-refractivity contribution in [3.05, 3.63) is 51.9 Å². The van der Waals surface area contributed by atoms with E-state index in [0.29, 0.717) is 15.9 Å². The number of nitrogens with zero attached hydrogens (tertiary/aromatic N) is 3. The zero-order valence-electron chi connectivity index (χ0n) is 25.7. The summed E-state index contributed by atoms with van der Waals surface area (Å²) in [5.41, 5.74) is 3.35. The number of aryl methyl sites for hydroxylation is 2. The molecule has 6 heterocycles. The second-order valence-electron chi connectivity index (χ2n) is 12.9. The third-order valence-corrected chi connectivity index (χ3v) is 15.1. The molecule has 0 bridgehead atoms. The maximum atomic E-state index is 14.6. The van der Waals surface area contributed by atoms with Crippen molar-refractivity contribution < 1.29 is 36.7 Å². The quantitative estimate of drug-likeness (QED) is 0.100. The Morgan fingerprint density at radius 3 is 2.10 bits per heavy atom. The van der Waals surface area contributed by atoms with Gasteiger partial charge in [0.1, 0.15) is 29.0 Å². The smallest absolute Gasteiger partial charge is 0.243 e. The molecule has 0 spiro atoms. The number of thiophene rings is 4. The van der Waals surface area contributed by atoms with Gasteiger partial charge in [0, 0.05) is 48.5 Å². The molecule has 2 saturated carbocycles. The number of rotatable bonds is 2. The molecule has 4 atom stereocenters. The molecular formula is C35H19F4N3O4S4. The van der Waals surface area contributed by atoms with Crippen LogP contribution in [0.25, 0.3) is 61.9 Å². The van der Waals surface area contributed by atoms with Gasteiger partial charge in [-0.05, 0) is 30.7 Å². The number of allylic oxidation sites excluding steroid dienone is 1. The number of Topliss-reactive ketones (excluding diaryl/α,β-unsaturated/α-hetero) is 4. The van der Waals surface area contributed by atoms with Gasteiger partial charge in [-0.15, -0.1) is 45.3 Å². The van der Waals surface area contributed by atoms with Crippen LogP contribution in [0.1, 0.15) is 33.6 Å². The zero-order valence-corrected chi connectivity index (χ0v) is 29.0. The fraction of sp³-hybridized carbons (Fsp3) is 0.229. The van der Waals surface area contributed by atoms with Crippen molar-refractivity contribution >= 4 is 141 Å². The average Bonchev–Trinajstić information content (AvgIpc) is 3.91. The number of carbonyl (C=O) groups is 4. The first kappa shape index (κ1) is 30.5. The number of halogens is 4. The molecule has 6 aromatic heterocycles. The number of benzene rings is 1. The summed E-state index contributed by atoms with van der Waals surface area (Å²) in [6.07, 6.45) is -2.07. The Morgan fingerprint density at radius 2 is 1.40 bits per heavy atom. The van der Waals surface area contributed by atoms with Crippen molar-refractivity contribution in [2.24, 2.45) is 30.9 Å². The normalized spacial score (nSPS) is 24.3. The number of carbonyl (C=O) groups excluding carboxylic acids is 4. The Kier molecular flexibility index (Phi) is 6.19. The van der Waals surface area contributed by atoms with Crippen LogP contribution in [0.4, 0.5) is 22.6 Å². The monoisotopic (exact) mass is 749 g/mol. The number of hydrogen-bond donors (Lipinski definition) is 0. The van der Waals surface area contributed by atoms with Gasteiger partial charge in [-0.3, -0.25) is 19.2 Å². The lowest BCUT2D eigenvalue weighted by Gasteiger charge is -2.28. The third kappa shape index (κ3) is 3.86. The largest absolute Gasteiger partial charge is 0.341 e. The van der Waals surface area contributed by atoms with Crippen LogP contribution in [0, 0.1) is 23.5 Å². The number of hydrogen-bond acceptors (Lipinski definition) is 9. The number of fused-ring (bicyclic) bond motifs is 11. The van der Waals surface area contributed by atoms with Crippen LogP contribution in [-0.4, -0.2) is 50.3 Å². The maximum absolute atomic E-state index is 14.6. The van der Waals surface area contributed by atoms with Gasteiger partial charge in [-0.2, -0.15) is 0 Å². The van der Waals surface area contributed by atoms with E-state index in [-0.39, 0.29) is 29.7 Å². The van der Waals surface area contributed by atoms with Crippen LogP contribution in [0.2, 0.25) is 0 Å². The lowest BCUT2D eigenvalue weighted by Crippen LogP contribution is -2.36. The van der Waals surface area contributed by atoms with Crippen molar-refractivity contribution in [3.63, 3.8) is 0 Å². The van der Waals surface area contributed by atoms with Gasteiger partial charge in [0.05, 0.1) is 67.5 Å². The van der Waals surface area contributed by atoms with Gasteiger partial charge >= 0.3 is 0 Å². The van der Waals surface area contributed by atoms with Crippen LogP contribution in [0.5, 0.6) is 0 Å². The highest BCUT2D eigenvalue weighted by Gasteiger charge is 2.54. The predicted molar refractivity (Wildman–Crippen MR) is 190 cm³/mol. The second kappa shape index (κ2) is 10.1. The molecular weight excluding hydrogens is 731 g/mol. The molecule has 0 radical (unpaired) electrons. The molecule has 10 rings (SSSR count). The highest BCUT2D eigenvalue weighted by atomic mass is 32.1. The molecule has 0 saturated heterocycles. The Bertz CT molecular complexity index is 2860. The number of aliphatic imine (C=N–C) groups is 1. The van der Waals surface area contributed by atoms with E-state index in [2.05, 4.69) is 14.1 Å². The topological polar surface area (TPSA) is 90.5 Å². The minimum atomic E-state index is -1.70. The summed E-state index contributed by atoms with van der Waals surface area (Å²) in [5.74, 6) is -7.43. The fourth-order valence-electron chi connectivity index (χ4n) is 7.94. The van der Waals surface area contributed by atoms with E-state index in [9.17, 15) is 36.7 Å². The minimum absolute atomic E-state index is 0.0332. The predicted octanol–water partition coefficient (Wildman–Crippen LogP) is 8.89. The van der Waals surface area contributed by atoms with Crippen LogP contribution in [0.15, 0.2) is 29.3 Å². The first-order chi connectivity index (χ1) is 23.9. The van der Waals surface area contributed by atoms with Crippen molar-refractivity contribution in [2.45, 2.75) is 25.2 Å². The zero-order chi connectivity index (χ0) is 34.7. The molecule has 250 valence electrons. The summed E-state index contributed by atoms with van der Waals surface area (Å²) in [7, 11) is 3.90. The van der Waals surface area contributed by atoms with Gasteiger partial charge in [0.2, 0.25) is 23.1 Å². The van der Waals surface area contributed by atoms with Crippen molar-refractivity contribution in [1.29, 1.82) is 0 Å². The average molecular weight is 750 g/mol. The fourth-order valence-corrected chi connectivity index (χ4v) is 13.4. The molecule has 3 aliphatic carbocycles. The summed E-state index contributed by atoms with van der Waals surface area (Å²) in [6, 6.07) is 5.36. The lowest BCUT2D eigenvalue weighted by molar-refractivity contribution is -0.136. The minimum Gasteiger partial charge on any atom is -0.341 e. The van der Waals surface area contributed by atoms with E-state index in [4.69, 9.17) is 0 Å². The molecule has 7 nitrogen and oxygen atoms in total. The third-order valence-electron chi connectivity index (χ3n) is 10.2. The molecule has 0 aliphatic heterocycles. The van der Waals surface area contributed by atoms with Gasteiger partial charge in [0.15, 0.2) is 0 Å². The van der Waals surface area contributed by atoms with Crippen molar-refractivity contribution in [2.75, 3.05) is 0 Å². The van der Waals surface area contributed by atoms with E-state index in [1.165, 1.54) is 28.7 Å². The number of aromatic nitrogens is 2. The standard InChI is InChI=1S/C35H19F4N3O4S4/c1-41-18-8-12(7-14-13-3-10(36)5-16(38)21(13)27(44)26(14)43)47-30(18)32-24(41)34-35(49-32)25-33(50-34)31-19(42(25)2)9-20(48-31)40-23-15-4-11(37)6-17(39)22(15)28(45)29(23)46/h3,5,7-9,11,15,17,22H,4,6H2,1-2H3/b14-7-,40-23?. The van der Waals surface area contributed by atoms with E-state index >= 15 is 0 Å². The summed E-state index contributed by atoms with van der Waals surface area (Å²) in [5, 5.41) is 0.499. The number of alkyl halides is 2. The Morgan fingerprint density at radius 1 is 0.760 bits per heavy atom. The molecule has 0 N–H and O–H groups in total. The van der Waals surface area contributed by atoms with Crippen molar-refractivity contribution in [3.8, 4) is 0 Å². The molecule has 7 aromatic rings. The van der Waals surface area contributed by atoms with Gasteiger partial charge < -0.3 is 9.13 Å². The number of ketones is 4. The first-order valence-electron chi connectivity index (χ1n) is 15.5. The van der Waals surface area contributed by atoms with E-state index in [1.54, 1.807) is 22.7 Å². The van der Waals surface area contributed by atoms with Crippen molar-refractivity contribution in [1.82, 2.24) is 9.13 Å².